The molecule has 4 rings (SSSR count). The standard InChI is InChI=1S/C28H30O9.4C2H6/c1-33-19-10-18(14-31)24(22(11-19)36-4)26-25-21(35-3)7-15(12-29)8-23(25)37-28(27(26)32)16-5-6-20(34-2)17(9-16)13-30;4*1-2/h5-11,26,28-31H,12-14H2,1-4H3;4*1-2H3/t26?,28-;;;;/m1..../s1. The number of hydrogen-bond acceptors (Lipinski definition) is 9. The van der Waals surface area contributed by atoms with Gasteiger partial charge in [0.2, 0.25) is 0 Å². The Kier molecular flexibility index (Phi) is 20.0. The fourth-order valence-corrected chi connectivity index (χ4v) is 4.78. The minimum Gasteiger partial charge on any atom is -0.497 e. The first kappa shape index (κ1) is 41.2. The molecule has 9 nitrogen and oxygen atoms in total. The van der Waals surface area contributed by atoms with Crippen LogP contribution >= 0.6 is 0 Å². The number of benzene rings is 3. The molecule has 0 saturated heterocycles. The minimum absolute atomic E-state index is 0.263. The van der Waals surface area contributed by atoms with Gasteiger partial charge in [-0.15, -0.1) is 0 Å². The normalized spacial score (nSPS) is 14.2. The van der Waals surface area contributed by atoms with Crippen molar-refractivity contribution in [3.8, 4) is 28.7 Å². The third-order valence-electron chi connectivity index (χ3n) is 6.54. The molecule has 1 aliphatic rings. The Labute approximate surface area is 269 Å². The summed E-state index contributed by atoms with van der Waals surface area (Å²) in [7, 11) is 5.95. The number of fused-ring (bicyclic) bond motifs is 1. The van der Waals surface area contributed by atoms with Gasteiger partial charge < -0.3 is 39.0 Å². The van der Waals surface area contributed by atoms with Gasteiger partial charge in [-0.3, -0.25) is 4.79 Å². The Hall–Kier alpha value is -3.79. The molecule has 45 heavy (non-hydrogen) atoms. The van der Waals surface area contributed by atoms with E-state index in [1.54, 1.807) is 42.5 Å². The summed E-state index contributed by atoms with van der Waals surface area (Å²) in [6, 6.07) is 11.6. The van der Waals surface area contributed by atoms with E-state index in [4.69, 9.17) is 23.7 Å². The van der Waals surface area contributed by atoms with Gasteiger partial charge in [-0.05, 0) is 41.5 Å². The van der Waals surface area contributed by atoms with Gasteiger partial charge in [-0.25, -0.2) is 0 Å². The Morgan fingerprint density at radius 3 is 1.67 bits per heavy atom. The summed E-state index contributed by atoms with van der Waals surface area (Å²) in [5.74, 6) is 0.731. The maximum absolute atomic E-state index is 14.3. The molecule has 0 amide bonds. The number of carbonyl (C=O) groups excluding carboxylic acids is 1. The molecular formula is C36H54O9. The van der Waals surface area contributed by atoms with Crippen LogP contribution in [0.5, 0.6) is 28.7 Å². The number of carbonyl (C=O) groups is 1. The molecule has 0 bridgehead atoms. The lowest BCUT2D eigenvalue weighted by Gasteiger charge is -2.34. The largest absolute Gasteiger partial charge is 0.497 e. The van der Waals surface area contributed by atoms with Crippen molar-refractivity contribution < 1.29 is 43.8 Å². The van der Waals surface area contributed by atoms with Crippen LogP contribution in [0.1, 0.15) is 101 Å². The smallest absolute Gasteiger partial charge is 0.190 e. The molecule has 0 aromatic heterocycles. The number of hydrogen-bond donors (Lipinski definition) is 3. The molecule has 1 heterocycles. The van der Waals surface area contributed by atoms with Crippen molar-refractivity contribution in [2.75, 3.05) is 28.4 Å². The van der Waals surface area contributed by atoms with E-state index in [1.807, 2.05) is 55.4 Å². The van der Waals surface area contributed by atoms with E-state index >= 15 is 0 Å². The number of rotatable bonds is 9. The Balaban J connectivity index is 0.00000224. The second-order valence-corrected chi connectivity index (χ2v) is 8.49. The highest BCUT2D eigenvalue weighted by atomic mass is 16.5. The summed E-state index contributed by atoms with van der Waals surface area (Å²) in [5.41, 5.74) is 2.90. The summed E-state index contributed by atoms with van der Waals surface area (Å²) in [6.45, 7) is 15.1. The highest BCUT2D eigenvalue weighted by Gasteiger charge is 2.43. The molecule has 0 aliphatic carbocycles. The van der Waals surface area contributed by atoms with Gasteiger partial charge in [0.25, 0.3) is 0 Å². The van der Waals surface area contributed by atoms with Crippen molar-refractivity contribution in [3.63, 3.8) is 0 Å². The maximum atomic E-state index is 14.3. The third kappa shape index (κ3) is 9.36. The zero-order valence-corrected chi connectivity index (χ0v) is 29.1. The van der Waals surface area contributed by atoms with E-state index < -0.39 is 12.0 Å². The van der Waals surface area contributed by atoms with Crippen molar-refractivity contribution in [2.24, 2.45) is 0 Å². The van der Waals surface area contributed by atoms with Gasteiger partial charge in [-0.1, -0.05) is 61.5 Å². The fraction of sp³-hybridized carbons (Fsp3) is 0.472. The summed E-state index contributed by atoms with van der Waals surface area (Å²) >= 11 is 0. The Morgan fingerprint density at radius 2 is 1.18 bits per heavy atom. The molecule has 0 spiro atoms. The van der Waals surface area contributed by atoms with Crippen LogP contribution in [-0.2, 0) is 24.6 Å². The lowest BCUT2D eigenvalue weighted by molar-refractivity contribution is -0.128. The van der Waals surface area contributed by atoms with Crippen LogP contribution < -0.4 is 23.7 Å². The summed E-state index contributed by atoms with van der Waals surface area (Å²) < 4.78 is 28.2. The van der Waals surface area contributed by atoms with E-state index in [-0.39, 0.29) is 25.6 Å². The number of ether oxygens (including phenoxy) is 5. The molecule has 1 unspecified atom stereocenters. The summed E-state index contributed by atoms with van der Waals surface area (Å²) in [6.07, 6.45) is -1.06. The molecule has 3 aromatic carbocycles. The second-order valence-electron chi connectivity index (χ2n) is 8.49. The lowest BCUT2D eigenvalue weighted by Crippen LogP contribution is -2.32. The van der Waals surface area contributed by atoms with Crippen LogP contribution in [0.4, 0.5) is 0 Å². The van der Waals surface area contributed by atoms with Gasteiger partial charge >= 0.3 is 0 Å². The quantitative estimate of drug-likeness (QED) is 0.226. The van der Waals surface area contributed by atoms with Crippen molar-refractivity contribution in [1.82, 2.24) is 0 Å². The van der Waals surface area contributed by atoms with Crippen molar-refractivity contribution in [1.29, 1.82) is 0 Å². The van der Waals surface area contributed by atoms with E-state index in [0.717, 1.165) is 0 Å². The average Bonchev–Trinajstić information content (AvgIpc) is 3.13. The molecule has 9 heteroatoms. The topological polar surface area (TPSA) is 124 Å². The molecule has 3 N–H and O–H groups in total. The SMILES string of the molecule is CC.CC.CC.CC.COc1cc(CO)c(C2C(=O)[C@@H](c3ccc(OC)c(CO)c3)Oc3cc(CO)cc(OC)c32)c(OC)c1. The number of aliphatic hydroxyl groups excluding tert-OH is 3. The zero-order chi connectivity index (χ0) is 34.7. The predicted molar refractivity (Wildman–Crippen MR) is 179 cm³/mol. The minimum atomic E-state index is -1.06. The maximum Gasteiger partial charge on any atom is 0.190 e. The summed E-state index contributed by atoms with van der Waals surface area (Å²) in [4.78, 5) is 14.3. The van der Waals surface area contributed by atoms with Crippen LogP contribution in [0.15, 0.2) is 42.5 Å². The van der Waals surface area contributed by atoms with Gasteiger partial charge in [0.1, 0.15) is 28.7 Å². The van der Waals surface area contributed by atoms with E-state index in [1.165, 1.54) is 28.4 Å². The first-order valence-electron chi connectivity index (χ1n) is 15.6. The Bertz CT molecular complexity index is 1280. The highest BCUT2D eigenvalue weighted by Crippen LogP contribution is 2.51. The van der Waals surface area contributed by atoms with Crippen LogP contribution in [0, 0.1) is 0 Å². The second kappa shape index (κ2) is 21.8. The highest BCUT2D eigenvalue weighted by molar-refractivity contribution is 5.97. The van der Waals surface area contributed by atoms with Crippen molar-refractivity contribution in [3.05, 3.63) is 75.8 Å². The number of Topliss-reactive ketones (excluding diaryl/α,β-unsaturated/α-hetero) is 1. The molecule has 2 atom stereocenters. The van der Waals surface area contributed by atoms with Crippen LogP contribution in [0.25, 0.3) is 0 Å². The number of ketones is 1. The van der Waals surface area contributed by atoms with E-state index in [9.17, 15) is 20.1 Å². The monoisotopic (exact) mass is 630 g/mol. The molecular weight excluding hydrogens is 576 g/mol. The van der Waals surface area contributed by atoms with Crippen molar-refractivity contribution >= 4 is 5.78 Å². The molecule has 0 fully saturated rings. The molecule has 3 aromatic rings. The van der Waals surface area contributed by atoms with E-state index in [0.29, 0.717) is 62.1 Å². The van der Waals surface area contributed by atoms with Crippen LogP contribution in [0.3, 0.4) is 0 Å². The number of methoxy groups -OCH3 is 4. The van der Waals surface area contributed by atoms with Gasteiger partial charge in [0, 0.05) is 22.8 Å². The molecule has 0 radical (unpaired) electrons. The fourth-order valence-electron chi connectivity index (χ4n) is 4.78. The predicted octanol–water partition coefficient (Wildman–Crippen LogP) is 7.14. The Morgan fingerprint density at radius 1 is 0.622 bits per heavy atom. The zero-order valence-electron chi connectivity index (χ0n) is 29.1. The van der Waals surface area contributed by atoms with Crippen LogP contribution in [0.2, 0.25) is 0 Å². The number of aliphatic hydroxyl groups is 3. The molecule has 252 valence electrons. The first-order valence-corrected chi connectivity index (χ1v) is 15.6. The van der Waals surface area contributed by atoms with Gasteiger partial charge in [-0.2, -0.15) is 0 Å². The molecule has 0 saturated carbocycles. The average molecular weight is 631 g/mol. The third-order valence-corrected chi connectivity index (χ3v) is 6.54. The first-order chi connectivity index (χ1) is 21.9. The molecule has 1 aliphatic heterocycles. The summed E-state index contributed by atoms with van der Waals surface area (Å²) in [5, 5.41) is 30.0. The van der Waals surface area contributed by atoms with E-state index in [2.05, 4.69) is 0 Å². The van der Waals surface area contributed by atoms with Crippen molar-refractivity contribution in [2.45, 2.75) is 87.2 Å². The van der Waals surface area contributed by atoms with Gasteiger partial charge in [0.05, 0.1) is 59.7 Å². The van der Waals surface area contributed by atoms with Gasteiger partial charge in [0.15, 0.2) is 11.9 Å². The lowest BCUT2D eigenvalue weighted by atomic mass is 9.78. The van der Waals surface area contributed by atoms with Crippen LogP contribution in [-0.4, -0.2) is 49.5 Å².